The molecule has 0 atom stereocenters. The zero-order chi connectivity index (χ0) is 29.9. The summed E-state index contributed by atoms with van der Waals surface area (Å²) >= 11 is 0. The van der Waals surface area contributed by atoms with Gasteiger partial charge in [0.2, 0.25) is 0 Å². The van der Waals surface area contributed by atoms with E-state index >= 15 is 0 Å². The van der Waals surface area contributed by atoms with Crippen LogP contribution in [0.2, 0.25) is 0 Å². The van der Waals surface area contributed by atoms with Gasteiger partial charge < -0.3 is 8.98 Å². The van der Waals surface area contributed by atoms with Crippen LogP contribution in [0.4, 0.5) is 0 Å². The molecule has 1 aliphatic carbocycles. The van der Waals surface area contributed by atoms with Crippen molar-refractivity contribution in [1.29, 1.82) is 0 Å². The monoisotopic (exact) mass is 575 g/mol. The smallest absolute Gasteiger partial charge is 0.160 e. The maximum atomic E-state index is 6.76. The quantitative estimate of drug-likeness (QED) is 0.200. The third-order valence-electron chi connectivity index (χ3n) is 10.2. The standard InChI is InChI=1S/C43H29NO/c1-43(2)36-16-8-5-13-30(36)31-22-20-28(24-37(31)43)34-25-35-32-14-7-10-18-39(32)45-42(35)41-40(34)33-15-6-9-17-38(33)44(41)29-21-19-26-11-3-4-12-27(26)23-29/h3-25H,1-2H3. The Morgan fingerprint density at radius 2 is 1.27 bits per heavy atom. The van der Waals surface area contributed by atoms with Gasteiger partial charge in [-0.1, -0.05) is 117 Å². The fraction of sp³-hybridized carbons (Fsp3) is 0.0698. The number of hydrogen-bond donors (Lipinski definition) is 0. The van der Waals surface area contributed by atoms with Gasteiger partial charge in [-0.15, -0.1) is 0 Å². The molecule has 0 saturated carbocycles. The molecule has 2 nitrogen and oxygen atoms in total. The van der Waals surface area contributed by atoms with Gasteiger partial charge in [-0.2, -0.15) is 0 Å². The zero-order valence-corrected chi connectivity index (χ0v) is 25.1. The molecular formula is C43H29NO. The molecular weight excluding hydrogens is 546 g/mol. The summed E-state index contributed by atoms with van der Waals surface area (Å²) in [5.41, 5.74) is 13.1. The second-order valence-corrected chi connectivity index (χ2v) is 12.9. The molecule has 0 N–H and O–H groups in total. The highest BCUT2D eigenvalue weighted by molar-refractivity contribution is 6.26. The molecule has 0 fully saturated rings. The average Bonchev–Trinajstić information content (AvgIpc) is 3.70. The first-order valence-corrected chi connectivity index (χ1v) is 15.7. The van der Waals surface area contributed by atoms with Gasteiger partial charge in [-0.05, 0) is 80.6 Å². The van der Waals surface area contributed by atoms with E-state index in [-0.39, 0.29) is 5.41 Å². The normalized spacial score (nSPS) is 13.7. The number of aromatic nitrogens is 1. The van der Waals surface area contributed by atoms with Crippen LogP contribution < -0.4 is 0 Å². The Bertz CT molecular complexity index is 2680. The Morgan fingerprint density at radius 3 is 2.18 bits per heavy atom. The van der Waals surface area contributed by atoms with Crippen molar-refractivity contribution in [3.63, 3.8) is 0 Å². The van der Waals surface area contributed by atoms with E-state index < -0.39 is 0 Å². The first-order chi connectivity index (χ1) is 22.1. The van der Waals surface area contributed by atoms with Crippen molar-refractivity contribution < 1.29 is 4.42 Å². The maximum Gasteiger partial charge on any atom is 0.160 e. The van der Waals surface area contributed by atoms with E-state index in [0.717, 1.165) is 33.1 Å². The second-order valence-electron chi connectivity index (χ2n) is 12.9. The van der Waals surface area contributed by atoms with E-state index in [0.29, 0.717) is 0 Å². The number of fused-ring (bicyclic) bond motifs is 11. The van der Waals surface area contributed by atoms with Crippen LogP contribution in [-0.2, 0) is 5.41 Å². The van der Waals surface area contributed by atoms with Crippen LogP contribution >= 0.6 is 0 Å². The van der Waals surface area contributed by atoms with E-state index in [1.54, 1.807) is 0 Å². The lowest BCUT2D eigenvalue weighted by atomic mass is 9.81. The molecule has 0 bridgehead atoms. The highest BCUT2D eigenvalue weighted by Crippen LogP contribution is 2.51. The van der Waals surface area contributed by atoms with Crippen LogP contribution in [-0.4, -0.2) is 4.57 Å². The van der Waals surface area contributed by atoms with E-state index in [4.69, 9.17) is 4.42 Å². The lowest BCUT2D eigenvalue weighted by Gasteiger charge is -2.22. The summed E-state index contributed by atoms with van der Waals surface area (Å²) in [6.07, 6.45) is 0. The molecule has 2 heterocycles. The molecule has 0 radical (unpaired) electrons. The van der Waals surface area contributed by atoms with Crippen molar-refractivity contribution in [2.75, 3.05) is 0 Å². The largest absolute Gasteiger partial charge is 0.454 e. The molecule has 0 unspecified atom stereocenters. The molecule has 2 aromatic heterocycles. The fourth-order valence-electron chi connectivity index (χ4n) is 8.01. The number of furan rings is 1. The first-order valence-electron chi connectivity index (χ1n) is 15.7. The average molecular weight is 576 g/mol. The van der Waals surface area contributed by atoms with E-state index in [1.165, 1.54) is 60.4 Å². The molecule has 1 aliphatic rings. The summed E-state index contributed by atoms with van der Waals surface area (Å²) in [6, 6.07) is 50.9. The Morgan fingerprint density at radius 1 is 0.533 bits per heavy atom. The lowest BCUT2D eigenvalue weighted by Crippen LogP contribution is -2.14. The molecule has 0 spiro atoms. The van der Waals surface area contributed by atoms with Gasteiger partial charge in [0.25, 0.3) is 0 Å². The molecule has 0 amide bonds. The Labute approximate surface area is 260 Å². The number of hydrogen-bond acceptors (Lipinski definition) is 1. The van der Waals surface area contributed by atoms with Crippen molar-refractivity contribution in [3.05, 3.63) is 151 Å². The van der Waals surface area contributed by atoms with Gasteiger partial charge in [0.05, 0.1) is 11.0 Å². The SMILES string of the molecule is CC1(C)c2ccccc2-c2ccc(-c3cc4c5ccccc5oc4c4c3c3ccccc3n4-c3ccc4ccccc4c3)cc21. The fourth-order valence-corrected chi connectivity index (χ4v) is 8.01. The summed E-state index contributed by atoms with van der Waals surface area (Å²) in [5, 5.41) is 7.18. The number of rotatable bonds is 2. The van der Waals surface area contributed by atoms with Crippen LogP contribution in [0.25, 0.3) is 82.5 Å². The molecule has 0 aliphatic heterocycles. The molecule has 7 aromatic carbocycles. The minimum atomic E-state index is -0.0768. The highest BCUT2D eigenvalue weighted by atomic mass is 16.3. The Hall–Kier alpha value is -5.60. The van der Waals surface area contributed by atoms with Gasteiger partial charge in [0.1, 0.15) is 5.58 Å². The second kappa shape index (κ2) is 8.74. The third-order valence-corrected chi connectivity index (χ3v) is 10.2. The molecule has 2 heteroatoms. The van der Waals surface area contributed by atoms with Crippen LogP contribution in [0.1, 0.15) is 25.0 Å². The van der Waals surface area contributed by atoms with E-state index in [1.807, 2.05) is 0 Å². The summed E-state index contributed by atoms with van der Waals surface area (Å²) in [6.45, 7) is 4.71. The van der Waals surface area contributed by atoms with Crippen molar-refractivity contribution in [3.8, 4) is 27.9 Å². The predicted octanol–water partition coefficient (Wildman–Crippen LogP) is 11.8. The van der Waals surface area contributed by atoms with Crippen LogP contribution in [0.5, 0.6) is 0 Å². The molecule has 45 heavy (non-hydrogen) atoms. The number of para-hydroxylation sites is 2. The van der Waals surface area contributed by atoms with Crippen molar-refractivity contribution in [2.24, 2.45) is 0 Å². The van der Waals surface area contributed by atoms with Gasteiger partial charge >= 0.3 is 0 Å². The summed E-state index contributed by atoms with van der Waals surface area (Å²) in [4.78, 5) is 0. The summed E-state index contributed by atoms with van der Waals surface area (Å²) < 4.78 is 9.18. The zero-order valence-electron chi connectivity index (χ0n) is 25.1. The number of nitrogens with zero attached hydrogens (tertiary/aromatic N) is 1. The molecule has 212 valence electrons. The van der Waals surface area contributed by atoms with Crippen molar-refractivity contribution >= 4 is 54.5 Å². The number of benzene rings is 7. The predicted molar refractivity (Wildman–Crippen MR) is 189 cm³/mol. The van der Waals surface area contributed by atoms with E-state index in [2.05, 4.69) is 158 Å². The van der Waals surface area contributed by atoms with Crippen molar-refractivity contribution in [1.82, 2.24) is 4.57 Å². The lowest BCUT2D eigenvalue weighted by molar-refractivity contribution is 0.660. The maximum absolute atomic E-state index is 6.76. The highest BCUT2D eigenvalue weighted by Gasteiger charge is 2.35. The van der Waals surface area contributed by atoms with Crippen LogP contribution in [0.15, 0.2) is 144 Å². The summed E-state index contributed by atoms with van der Waals surface area (Å²) in [5.74, 6) is 0. The van der Waals surface area contributed by atoms with Crippen molar-refractivity contribution in [2.45, 2.75) is 19.3 Å². The van der Waals surface area contributed by atoms with Gasteiger partial charge in [-0.25, -0.2) is 0 Å². The van der Waals surface area contributed by atoms with E-state index in [9.17, 15) is 0 Å². The van der Waals surface area contributed by atoms with Gasteiger partial charge in [-0.3, -0.25) is 0 Å². The first kappa shape index (κ1) is 24.8. The van der Waals surface area contributed by atoms with Crippen LogP contribution in [0, 0.1) is 0 Å². The minimum absolute atomic E-state index is 0.0768. The molecule has 10 rings (SSSR count). The third kappa shape index (κ3) is 3.29. The topological polar surface area (TPSA) is 18.1 Å². The Kier molecular flexibility index (Phi) is 4.82. The van der Waals surface area contributed by atoms with Gasteiger partial charge in [0, 0.05) is 32.6 Å². The minimum Gasteiger partial charge on any atom is -0.454 e. The van der Waals surface area contributed by atoms with Gasteiger partial charge in [0.15, 0.2) is 5.58 Å². The Balaban J connectivity index is 1.36. The molecule has 9 aromatic rings. The summed E-state index contributed by atoms with van der Waals surface area (Å²) in [7, 11) is 0. The molecule has 0 saturated heterocycles. The van der Waals surface area contributed by atoms with Crippen LogP contribution in [0.3, 0.4) is 0 Å².